The van der Waals surface area contributed by atoms with Crippen molar-refractivity contribution in [3.05, 3.63) is 0 Å². The van der Waals surface area contributed by atoms with Crippen molar-refractivity contribution >= 4 is 7.60 Å². The summed E-state index contributed by atoms with van der Waals surface area (Å²) in [5.41, 5.74) is 0. The Balaban J connectivity index is 4.25. The van der Waals surface area contributed by atoms with Crippen molar-refractivity contribution in [2.24, 2.45) is 0 Å². The zero-order valence-corrected chi connectivity index (χ0v) is 10.8. The fraction of sp³-hybridized carbons (Fsp3) is 1.00. The Hall–Kier alpha value is 0.150. The fourth-order valence-corrected chi connectivity index (χ4v) is 2.61. The van der Waals surface area contributed by atoms with Crippen LogP contribution in [0.1, 0.15) is 47.5 Å². The second kappa shape index (κ2) is 6.60. The third-order valence-electron chi connectivity index (χ3n) is 2.22. The Kier molecular flexibility index (Phi) is 6.67. The summed E-state index contributed by atoms with van der Waals surface area (Å²) in [7, 11) is -2.85. The molecule has 0 saturated heterocycles. The molecule has 0 aromatic carbocycles. The molecule has 0 aromatic rings. The molecule has 0 saturated carbocycles. The molecule has 0 bridgehead atoms. The molecule has 86 valence electrons. The van der Waals surface area contributed by atoms with Gasteiger partial charge in [-0.25, -0.2) is 0 Å². The summed E-state index contributed by atoms with van der Waals surface area (Å²) in [6.45, 7) is 9.69. The molecule has 0 aromatic heterocycles. The first kappa shape index (κ1) is 14.2. The van der Waals surface area contributed by atoms with Crippen LogP contribution >= 0.6 is 7.60 Å². The van der Waals surface area contributed by atoms with E-state index in [2.05, 4.69) is 0 Å². The van der Waals surface area contributed by atoms with Crippen LogP contribution in [0.4, 0.5) is 0 Å². The molecule has 0 radical (unpaired) electrons. The molecule has 2 atom stereocenters. The van der Waals surface area contributed by atoms with Crippen LogP contribution < -0.4 is 0 Å². The highest BCUT2D eigenvalue weighted by atomic mass is 31.2. The Morgan fingerprint density at radius 3 is 1.57 bits per heavy atom. The van der Waals surface area contributed by atoms with Gasteiger partial charge >= 0.3 is 7.60 Å². The normalized spacial score (nSPS) is 20.1. The minimum Gasteiger partial charge on any atom is -0.306 e. The zero-order chi connectivity index (χ0) is 11.2. The average Bonchev–Trinajstić information content (AvgIpc) is 2.17. The summed E-state index contributed by atoms with van der Waals surface area (Å²) in [4.78, 5) is 0. The van der Waals surface area contributed by atoms with E-state index < -0.39 is 7.60 Å². The standard InChI is InChI=1S/C10H23O3P/c1-6-9(4)12-14(11,8-3)13-10(5)7-2/h9-10H,6-8H2,1-5H3. The van der Waals surface area contributed by atoms with Gasteiger partial charge in [0.1, 0.15) is 0 Å². The minimum atomic E-state index is -2.85. The Bertz CT molecular complexity index is 178. The smallest absolute Gasteiger partial charge is 0.306 e. The third-order valence-corrected chi connectivity index (χ3v) is 4.36. The van der Waals surface area contributed by atoms with E-state index in [-0.39, 0.29) is 12.2 Å². The summed E-state index contributed by atoms with van der Waals surface area (Å²) in [6.07, 6.45) is 2.17. The van der Waals surface area contributed by atoms with E-state index in [0.29, 0.717) is 6.16 Å². The largest absolute Gasteiger partial charge is 0.330 e. The molecular formula is C10H23O3P. The maximum Gasteiger partial charge on any atom is 0.330 e. The summed E-state index contributed by atoms with van der Waals surface area (Å²) in [6, 6.07) is 0. The Labute approximate surface area is 87.7 Å². The lowest BCUT2D eigenvalue weighted by molar-refractivity contribution is 0.124. The van der Waals surface area contributed by atoms with Gasteiger partial charge in [-0.15, -0.1) is 0 Å². The highest BCUT2D eigenvalue weighted by Crippen LogP contribution is 2.50. The molecule has 0 rings (SSSR count). The van der Waals surface area contributed by atoms with Crippen LogP contribution in [0.25, 0.3) is 0 Å². The first-order valence-corrected chi connectivity index (χ1v) is 7.16. The molecule has 0 fully saturated rings. The van der Waals surface area contributed by atoms with Crippen molar-refractivity contribution in [1.82, 2.24) is 0 Å². The van der Waals surface area contributed by atoms with Crippen molar-refractivity contribution < 1.29 is 13.6 Å². The van der Waals surface area contributed by atoms with Gasteiger partial charge in [-0.05, 0) is 26.7 Å². The molecule has 0 aliphatic heterocycles. The maximum atomic E-state index is 12.1. The quantitative estimate of drug-likeness (QED) is 0.614. The van der Waals surface area contributed by atoms with Crippen molar-refractivity contribution in [1.29, 1.82) is 0 Å². The highest BCUT2D eigenvalue weighted by Gasteiger charge is 2.26. The molecule has 0 heterocycles. The lowest BCUT2D eigenvalue weighted by Gasteiger charge is -2.23. The number of rotatable bonds is 7. The van der Waals surface area contributed by atoms with E-state index in [1.807, 2.05) is 34.6 Å². The molecule has 2 unspecified atom stereocenters. The Morgan fingerprint density at radius 2 is 1.36 bits per heavy atom. The third kappa shape index (κ3) is 5.14. The van der Waals surface area contributed by atoms with Gasteiger partial charge in [-0.1, -0.05) is 20.8 Å². The van der Waals surface area contributed by atoms with Gasteiger partial charge in [0.05, 0.1) is 12.2 Å². The molecule has 0 spiro atoms. The minimum absolute atomic E-state index is 0.00448. The van der Waals surface area contributed by atoms with Crippen LogP contribution in [-0.2, 0) is 13.6 Å². The van der Waals surface area contributed by atoms with Crippen molar-refractivity contribution in [3.63, 3.8) is 0 Å². The van der Waals surface area contributed by atoms with Crippen LogP contribution in [0.3, 0.4) is 0 Å². The highest BCUT2D eigenvalue weighted by molar-refractivity contribution is 7.53. The lowest BCUT2D eigenvalue weighted by atomic mass is 10.3. The van der Waals surface area contributed by atoms with Gasteiger partial charge in [-0.2, -0.15) is 0 Å². The van der Waals surface area contributed by atoms with Gasteiger partial charge in [0, 0.05) is 6.16 Å². The second-order valence-electron chi connectivity index (χ2n) is 3.58. The molecule has 3 nitrogen and oxygen atoms in total. The molecule has 0 aliphatic carbocycles. The summed E-state index contributed by atoms with van der Waals surface area (Å²) in [5, 5.41) is 0. The van der Waals surface area contributed by atoms with Gasteiger partial charge in [0.2, 0.25) is 0 Å². The molecule has 0 aliphatic rings. The number of hydrogen-bond acceptors (Lipinski definition) is 3. The summed E-state index contributed by atoms with van der Waals surface area (Å²) in [5.74, 6) is 0. The van der Waals surface area contributed by atoms with Crippen LogP contribution in [0.2, 0.25) is 0 Å². The summed E-state index contributed by atoms with van der Waals surface area (Å²) >= 11 is 0. The van der Waals surface area contributed by atoms with E-state index in [0.717, 1.165) is 12.8 Å². The zero-order valence-electron chi connectivity index (χ0n) is 9.95. The van der Waals surface area contributed by atoms with Gasteiger partial charge < -0.3 is 9.05 Å². The van der Waals surface area contributed by atoms with Crippen LogP contribution in [0.5, 0.6) is 0 Å². The van der Waals surface area contributed by atoms with Crippen LogP contribution in [0, 0.1) is 0 Å². The van der Waals surface area contributed by atoms with E-state index in [1.165, 1.54) is 0 Å². The fourth-order valence-electron chi connectivity index (χ4n) is 0.871. The van der Waals surface area contributed by atoms with E-state index >= 15 is 0 Å². The second-order valence-corrected chi connectivity index (χ2v) is 5.85. The molecular weight excluding hydrogens is 199 g/mol. The predicted octanol–water partition coefficient (Wildman–Crippen LogP) is 3.83. The topological polar surface area (TPSA) is 35.5 Å². The maximum absolute atomic E-state index is 12.1. The van der Waals surface area contributed by atoms with E-state index in [9.17, 15) is 4.57 Å². The average molecular weight is 222 g/mol. The van der Waals surface area contributed by atoms with Gasteiger partial charge in [-0.3, -0.25) is 4.57 Å². The lowest BCUT2D eigenvalue weighted by Crippen LogP contribution is -2.12. The van der Waals surface area contributed by atoms with Gasteiger partial charge in [0.25, 0.3) is 0 Å². The first-order valence-electron chi connectivity index (χ1n) is 5.43. The summed E-state index contributed by atoms with van der Waals surface area (Å²) < 4.78 is 23.0. The first-order chi connectivity index (χ1) is 6.47. The molecule has 0 N–H and O–H groups in total. The SMILES string of the molecule is CCC(C)OP(=O)(CC)OC(C)CC. The van der Waals surface area contributed by atoms with Crippen LogP contribution in [-0.4, -0.2) is 18.4 Å². The van der Waals surface area contributed by atoms with E-state index in [4.69, 9.17) is 9.05 Å². The van der Waals surface area contributed by atoms with Crippen molar-refractivity contribution in [2.75, 3.05) is 6.16 Å². The van der Waals surface area contributed by atoms with Crippen LogP contribution in [0.15, 0.2) is 0 Å². The predicted molar refractivity (Wildman–Crippen MR) is 59.8 cm³/mol. The van der Waals surface area contributed by atoms with Crippen molar-refractivity contribution in [2.45, 2.75) is 59.7 Å². The number of hydrogen-bond donors (Lipinski definition) is 0. The molecule has 14 heavy (non-hydrogen) atoms. The van der Waals surface area contributed by atoms with E-state index in [1.54, 1.807) is 0 Å². The molecule has 0 amide bonds. The Morgan fingerprint density at radius 1 is 1.00 bits per heavy atom. The monoisotopic (exact) mass is 222 g/mol. The van der Waals surface area contributed by atoms with Gasteiger partial charge in [0.15, 0.2) is 0 Å². The molecule has 4 heteroatoms. The van der Waals surface area contributed by atoms with Crippen molar-refractivity contribution in [3.8, 4) is 0 Å².